The van der Waals surface area contributed by atoms with E-state index in [4.69, 9.17) is 0 Å². The fourth-order valence-electron chi connectivity index (χ4n) is 4.86. The van der Waals surface area contributed by atoms with E-state index in [0.717, 1.165) is 5.92 Å². The van der Waals surface area contributed by atoms with Crippen LogP contribution in [0.3, 0.4) is 0 Å². The number of rotatable bonds is 1. The second kappa shape index (κ2) is 3.51. The molecule has 3 heteroatoms. The lowest BCUT2D eigenvalue weighted by Crippen LogP contribution is -2.40. The second-order valence-corrected chi connectivity index (χ2v) is 7.58. The van der Waals surface area contributed by atoms with Gasteiger partial charge in [-0.15, -0.1) is 11.3 Å². The molecular weight excluding hydrogens is 252 g/mol. The van der Waals surface area contributed by atoms with E-state index >= 15 is 0 Å². The predicted molar refractivity (Wildman–Crippen MR) is 77.3 cm³/mol. The quantitative estimate of drug-likeness (QED) is 0.747. The zero-order valence-electron chi connectivity index (χ0n) is 11.0. The van der Waals surface area contributed by atoms with Gasteiger partial charge in [-0.1, -0.05) is 0 Å². The number of nitrogens with zero attached hydrogens (tertiary/aromatic N) is 2. The van der Waals surface area contributed by atoms with Gasteiger partial charge in [0.15, 0.2) is 0 Å². The Morgan fingerprint density at radius 2 is 2.00 bits per heavy atom. The Morgan fingerprint density at radius 1 is 1.21 bits per heavy atom. The third-order valence-electron chi connectivity index (χ3n) is 5.90. The van der Waals surface area contributed by atoms with Crippen LogP contribution in [0.1, 0.15) is 49.4 Å². The Labute approximate surface area is 117 Å². The van der Waals surface area contributed by atoms with E-state index in [-0.39, 0.29) is 0 Å². The first-order valence-corrected chi connectivity index (χ1v) is 8.35. The summed E-state index contributed by atoms with van der Waals surface area (Å²) >= 11 is 1.96. The number of fused-ring (bicyclic) bond motifs is 6. The molecule has 3 fully saturated rings. The number of hydrogen-bond acceptors (Lipinski definition) is 2. The zero-order valence-corrected chi connectivity index (χ0v) is 11.8. The molecule has 4 aliphatic rings. The fourth-order valence-corrected chi connectivity index (χ4v) is 6.00. The minimum atomic E-state index is 0.528. The van der Waals surface area contributed by atoms with Crippen molar-refractivity contribution in [2.75, 3.05) is 0 Å². The van der Waals surface area contributed by atoms with E-state index in [0.29, 0.717) is 11.5 Å². The Hall–Kier alpha value is -1.09. The fraction of sp³-hybridized carbons (Fsp3) is 0.562. The molecule has 2 bridgehead atoms. The van der Waals surface area contributed by atoms with Gasteiger partial charge in [0.25, 0.3) is 0 Å². The highest BCUT2D eigenvalue weighted by Gasteiger charge is 2.50. The maximum absolute atomic E-state index is 4.41. The summed E-state index contributed by atoms with van der Waals surface area (Å²) in [4.78, 5) is 6.02. The van der Waals surface area contributed by atoms with Gasteiger partial charge in [-0.2, -0.15) is 0 Å². The summed E-state index contributed by atoms with van der Waals surface area (Å²) in [6, 6.07) is 2.87. The van der Waals surface area contributed by atoms with Crippen LogP contribution >= 0.6 is 11.3 Å². The average molecular weight is 270 g/mol. The van der Waals surface area contributed by atoms with E-state index in [1.54, 1.807) is 4.88 Å². The summed E-state index contributed by atoms with van der Waals surface area (Å²) in [6.45, 7) is 0. The van der Waals surface area contributed by atoms with Gasteiger partial charge in [0.1, 0.15) is 0 Å². The van der Waals surface area contributed by atoms with E-state index in [1.165, 1.54) is 49.8 Å². The van der Waals surface area contributed by atoms with Crippen LogP contribution in [0.25, 0.3) is 11.3 Å². The largest absolute Gasteiger partial charge is 0.322 e. The highest BCUT2D eigenvalue weighted by molar-refractivity contribution is 7.10. The van der Waals surface area contributed by atoms with Gasteiger partial charge in [-0.3, -0.25) is 0 Å². The monoisotopic (exact) mass is 270 g/mol. The first kappa shape index (κ1) is 10.7. The number of hydrogen-bond donors (Lipinski definition) is 0. The lowest BCUT2D eigenvalue weighted by molar-refractivity contribution is 0.0313. The molecule has 3 aliphatic carbocycles. The minimum absolute atomic E-state index is 0.528. The van der Waals surface area contributed by atoms with Gasteiger partial charge in [0.2, 0.25) is 0 Å². The molecule has 0 amide bonds. The Kier molecular flexibility index (Phi) is 1.97. The molecule has 0 radical (unpaired) electrons. The Balaban J connectivity index is 1.70. The van der Waals surface area contributed by atoms with Crippen molar-refractivity contribution < 1.29 is 0 Å². The van der Waals surface area contributed by atoms with E-state index in [9.17, 15) is 0 Å². The van der Waals surface area contributed by atoms with Crippen molar-refractivity contribution in [3.8, 4) is 11.3 Å². The molecule has 19 heavy (non-hydrogen) atoms. The third kappa shape index (κ3) is 1.25. The molecule has 3 heterocycles. The van der Waals surface area contributed by atoms with Gasteiger partial charge in [0, 0.05) is 10.4 Å². The molecule has 0 spiro atoms. The molecule has 0 N–H and O–H groups in total. The molecule has 2 aromatic heterocycles. The van der Waals surface area contributed by atoms with Crippen molar-refractivity contribution in [2.45, 2.75) is 44.6 Å². The SMILES string of the molecule is c1cc2c(s1)C(C13CCC(CC1)CC3)n1cncc1-2. The molecule has 98 valence electrons. The summed E-state index contributed by atoms with van der Waals surface area (Å²) in [5.74, 6) is 1.04. The van der Waals surface area contributed by atoms with Crippen LogP contribution in [-0.4, -0.2) is 9.55 Å². The molecule has 3 saturated carbocycles. The second-order valence-electron chi connectivity index (χ2n) is 6.63. The van der Waals surface area contributed by atoms with Gasteiger partial charge in [0.05, 0.1) is 24.3 Å². The zero-order chi connectivity index (χ0) is 12.4. The van der Waals surface area contributed by atoms with E-state index in [2.05, 4.69) is 33.5 Å². The third-order valence-corrected chi connectivity index (χ3v) is 6.86. The standard InChI is InChI=1S/C16H18N2S/c1-5-16(6-2-11(1)3-7-16)15-14-12(4-8-19-14)13-9-17-10-18(13)15/h4,8-11,15H,1-3,5-7H2. The van der Waals surface area contributed by atoms with Crippen LogP contribution in [0.5, 0.6) is 0 Å². The van der Waals surface area contributed by atoms with Crippen molar-refractivity contribution >= 4 is 11.3 Å². The van der Waals surface area contributed by atoms with Crippen molar-refractivity contribution in [1.29, 1.82) is 0 Å². The molecule has 2 aromatic rings. The molecule has 6 rings (SSSR count). The maximum Gasteiger partial charge on any atom is 0.0957 e. The van der Waals surface area contributed by atoms with Crippen LogP contribution in [0.15, 0.2) is 24.0 Å². The lowest BCUT2D eigenvalue weighted by Gasteiger charge is -2.50. The van der Waals surface area contributed by atoms with E-state index < -0.39 is 0 Å². The highest BCUT2D eigenvalue weighted by Crippen LogP contribution is 2.61. The van der Waals surface area contributed by atoms with Crippen molar-refractivity contribution in [3.63, 3.8) is 0 Å². The highest BCUT2D eigenvalue weighted by atomic mass is 32.1. The van der Waals surface area contributed by atoms with Crippen LogP contribution < -0.4 is 0 Å². The van der Waals surface area contributed by atoms with Crippen LogP contribution in [0, 0.1) is 11.3 Å². The summed E-state index contributed by atoms with van der Waals surface area (Å²) in [7, 11) is 0. The summed E-state index contributed by atoms with van der Waals surface area (Å²) < 4.78 is 2.48. The number of imidazole rings is 1. The summed E-state index contributed by atoms with van der Waals surface area (Å²) in [5, 5.41) is 2.26. The lowest BCUT2D eigenvalue weighted by atomic mass is 9.57. The normalized spacial score (nSPS) is 35.4. The first-order chi connectivity index (χ1) is 9.37. The van der Waals surface area contributed by atoms with Gasteiger partial charge in [-0.05, 0) is 61.3 Å². The molecule has 0 aromatic carbocycles. The Morgan fingerprint density at radius 3 is 2.79 bits per heavy atom. The molecular formula is C16H18N2S. The molecule has 1 atom stereocenters. The summed E-state index contributed by atoms with van der Waals surface area (Å²) in [5.41, 5.74) is 3.33. The maximum atomic E-state index is 4.41. The van der Waals surface area contributed by atoms with Crippen molar-refractivity contribution in [2.24, 2.45) is 11.3 Å². The topological polar surface area (TPSA) is 17.8 Å². The molecule has 1 unspecified atom stereocenters. The Bertz CT molecular complexity index is 577. The van der Waals surface area contributed by atoms with Gasteiger partial charge < -0.3 is 4.57 Å². The van der Waals surface area contributed by atoms with E-state index in [1.807, 2.05) is 11.3 Å². The van der Waals surface area contributed by atoms with Gasteiger partial charge >= 0.3 is 0 Å². The number of thiophene rings is 1. The smallest absolute Gasteiger partial charge is 0.0957 e. The van der Waals surface area contributed by atoms with Crippen LogP contribution in [-0.2, 0) is 0 Å². The van der Waals surface area contributed by atoms with Crippen LogP contribution in [0.4, 0.5) is 0 Å². The molecule has 1 aliphatic heterocycles. The van der Waals surface area contributed by atoms with Crippen LogP contribution in [0.2, 0.25) is 0 Å². The van der Waals surface area contributed by atoms with Crippen molar-refractivity contribution in [1.82, 2.24) is 9.55 Å². The molecule has 2 nitrogen and oxygen atoms in total. The van der Waals surface area contributed by atoms with Crippen molar-refractivity contribution in [3.05, 3.63) is 28.8 Å². The minimum Gasteiger partial charge on any atom is -0.322 e. The van der Waals surface area contributed by atoms with Gasteiger partial charge in [-0.25, -0.2) is 4.98 Å². The number of aromatic nitrogens is 2. The summed E-state index contributed by atoms with van der Waals surface area (Å²) in [6.07, 6.45) is 12.8. The predicted octanol–water partition coefficient (Wildman–Crippen LogP) is 4.48. The molecule has 0 saturated heterocycles. The average Bonchev–Trinajstić information content (AvgIpc) is 3.12. The first-order valence-electron chi connectivity index (χ1n) is 7.47.